The van der Waals surface area contributed by atoms with E-state index in [1.165, 1.54) is 31.4 Å². The number of aromatic nitrogens is 1. The van der Waals surface area contributed by atoms with Gasteiger partial charge in [-0.25, -0.2) is 4.39 Å². The van der Waals surface area contributed by atoms with Crippen molar-refractivity contribution in [1.29, 1.82) is 0 Å². The summed E-state index contributed by atoms with van der Waals surface area (Å²) in [6, 6.07) is 9.79. The molecule has 0 radical (unpaired) electrons. The van der Waals surface area contributed by atoms with Gasteiger partial charge >= 0.3 is 0 Å². The molecule has 7 heteroatoms. The summed E-state index contributed by atoms with van der Waals surface area (Å²) < 4.78 is 15.7. The summed E-state index contributed by atoms with van der Waals surface area (Å²) >= 11 is 4.25. The number of amides is 2. The Bertz CT molecular complexity index is 1370. The van der Waals surface area contributed by atoms with Crippen LogP contribution in [0.25, 0.3) is 6.08 Å². The molecule has 1 fully saturated rings. The number of carbonyl (C=O) groups is 2. The van der Waals surface area contributed by atoms with Gasteiger partial charge in [-0.2, -0.15) is 12.6 Å². The molecule has 1 aliphatic heterocycles. The van der Waals surface area contributed by atoms with Crippen LogP contribution in [0.2, 0.25) is 0 Å². The third kappa shape index (κ3) is 5.61. The summed E-state index contributed by atoms with van der Waals surface area (Å²) in [6.07, 6.45) is 18.6. The molecule has 3 aliphatic rings. The van der Waals surface area contributed by atoms with E-state index >= 15 is 0 Å². The van der Waals surface area contributed by atoms with Crippen molar-refractivity contribution in [3.05, 3.63) is 106 Å². The highest BCUT2D eigenvalue weighted by Crippen LogP contribution is 2.38. The van der Waals surface area contributed by atoms with E-state index in [-0.39, 0.29) is 36.8 Å². The second-order valence-electron chi connectivity index (χ2n) is 10.4. The summed E-state index contributed by atoms with van der Waals surface area (Å²) in [7, 11) is 0. The van der Waals surface area contributed by atoms with E-state index in [4.69, 9.17) is 0 Å². The van der Waals surface area contributed by atoms with Gasteiger partial charge in [0, 0.05) is 23.9 Å². The molecule has 0 spiro atoms. The van der Waals surface area contributed by atoms with Gasteiger partial charge in [-0.05, 0) is 66.3 Å². The first-order chi connectivity index (χ1) is 19.0. The van der Waals surface area contributed by atoms with Gasteiger partial charge in [0.25, 0.3) is 11.8 Å². The second-order valence-corrected chi connectivity index (χ2v) is 10.7. The number of rotatable bonds is 6. The van der Waals surface area contributed by atoms with Crippen LogP contribution in [0.1, 0.15) is 66.7 Å². The quantitative estimate of drug-likeness (QED) is 0.329. The van der Waals surface area contributed by atoms with Crippen LogP contribution < -0.4 is 5.32 Å². The highest BCUT2D eigenvalue weighted by molar-refractivity contribution is 7.83. The van der Waals surface area contributed by atoms with Gasteiger partial charge < -0.3 is 14.8 Å². The Morgan fingerprint density at radius 1 is 1.05 bits per heavy atom. The van der Waals surface area contributed by atoms with E-state index in [0.29, 0.717) is 11.3 Å². The van der Waals surface area contributed by atoms with Crippen molar-refractivity contribution in [3.63, 3.8) is 0 Å². The molecule has 2 amide bonds. The summed E-state index contributed by atoms with van der Waals surface area (Å²) in [5.74, 6) is -0.833. The average Bonchev–Trinajstić information content (AvgIpc) is 3.12. The topological polar surface area (TPSA) is 54.3 Å². The molecular weight excluding hydrogens is 509 g/mol. The Morgan fingerprint density at radius 2 is 1.79 bits per heavy atom. The van der Waals surface area contributed by atoms with Crippen LogP contribution in [-0.4, -0.2) is 32.9 Å². The number of halogens is 1. The molecule has 5 rings (SSSR count). The predicted molar refractivity (Wildman–Crippen MR) is 156 cm³/mol. The van der Waals surface area contributed by atoms with Crippen molar-refractivity contribution in [2.45, 2.75) is 69.6 Å². The molecule has 0 bridgehead atoms. The van der Waals surface area contributed by atoms with Gasteiger partial charge in [-0.15, -0.1) is 5.73 Å². The highest BCUT2D eigenvalue weighted by Gasteiger charge is 2.53. The number of benzene rings is 1. The molecular formula is C32H34FN3O2S. The second kappa shape index (κ2) is 12.1. The van der Waals surface area contributed by atoms with Crippen LogP contribution in [-0.2, 0) is 17.9 Å². The molecule has 1 unspecified atom stereocenters. The fourth-order valence-electron chi connectivity index (χ4n) is 5.84. The van der Waals surface area contributed by atoms with E-state index in [1.54, 1.807) is 34.6 Å². The minimum absolute atomic E-state index is 0.0396. The number of thiol groups is 1. The molecule has 2 heterocycles. The Kier molecular flexibility index (Phi) is 8.39. The number of allylic oxidation sites excluding steroid dienone is 3. The number of nitrogens with one attached hydrogen (secondary N) is 1. The lowest BCUT2D eigenvalue weighted by molar-refractivity contribution is -0.132. The molecule has 2 aliphatic carbocycles. The van der Waals surface area contributed by atoms with Crippen LogP contribution in [0.15, 0.2) is 83.5 Å². The number of hydrogen-bond acceptors (Lipinski definition) is 3. The summed E-state index contributed by atoms with van der Waals surface area (Å²) in [4.78, 5) is 30.6. The number of nitrogens with zero attached hydrogens (tertiary/aromatic N) is 2. The molecule has 1 atom stereocenters. The lowest BCUT2D eigenvalue weighted by atomic mass is 9.82. The van der Waals surface area contributed by atoms with Gasteiger partial charge in [0.05, 0.1) is 6.54 Å². The monoisotopic (exact) mass is 543 g/mol. The minimum Gasteiger partial charge on any atom is -0.351 e. The van der Waals surface area contributed by atoms with Crippen molar-refractivity contribution in [2.24, 2.45) is 0 Å². The lowest BCUT2D eigenvalue weighted by Crippen LogP contribution is -2.67. The minimum atomic E-state index is -1.38. The maximum absolute atomic E-state index is 14.7. The Morgan fingerprint density at radius 3 is 2.54 bits per heavy atom. The Balaban J connectivity index is 1.65. The molecule has 0 saturated heterocycles. The van der Waals surface area contributed by atoms with Crippen molar-refractivity contribution in [1.82, 2.24) is 14.8 Å². The largest absolute Gasteiger partial charge is 0.351 e. The van der Waals surface area contributed by atoms with Gasteiger partial charge in [-0.3, -0.25) is 9.59 Å². The third-order valence-electron chi connectivity index (χ3n) is 7.91. The van der Waals surface area contributed by atoms with E-state index in [0.717, 1.165) is 36.9 Å². The fraction of sp³-hybridized carbons (Fsp3) is 0.344. The van der Waals surface area contributed by atoms with E-state index < -0.39 is 5.54 Å². The fourth-order valence-corrected chi connectivity index (χ4v) is 5.99. The maximum Gasteiger partial charge on any atom is 0.272 e. The maximum atomic E-state index is 14.7. The Labute approximate surface area is 234 Å². The third-order valence-corrected chi connectivity index (χ3v) is 8.06. The van der Waals surface area contributed by atoms with Gasteiger partial charge in [0.15, 0.2) is 5.54 Å². The van der Waals surface area contributed by atoms with Gasteiger partial charge in [-0.1, -0.05) is 62.5 Å². The molecule has 2 aromatic rings. The van der Waals surface area contributed by atoms with Gasteiger partial charge in [0.1, 0.15) is 11.5 Å². The van der Waals surface area contributed by atoms with Crippen LogP contribution in [0.5, 0.6) is 0 Å². The number of fused-ring (bicyclic) bond motifs is 1. The first-order valence-corrected chi connectivity index (χ1v) is 14.2. The van der Waals surface area contributed by atoms with Crippen molar-refractivity contribution in [2.75, 3.05) is 0 Å². The predicted octanol–water partition coefficient (Wildman–Crippen LogP) is 6.36. The van der Waals surface area contributed by atoms with E-state index in [1.807, 2.05) is 41.0 Å². The zero-order valence-electron chi connectivity index (χ0n) is 22.0. The van der Waals surface area contributed by atoms with Gasteiger partial charge in [0.2, 0.25) is 0 Å². The van der Waals surface area contributed by atoms with E-state index in [9.17, 15) is 14.0 Å². The normalized spacial score (nSPS) is 21.8. The standard InChI is InChI=1S/C32H34FN3O2S/c33-26-16-14-24(15-17-26)22-36-30(37)29-19-18-28(20-21-39)35(29)23-32(36,25-10-6-4-5-7-11-25)31(38)34-27-12-8-2-1-3-9-13-27/h4-7,10,14-21,27,39H,1-3,8-9,12-13,22-23H2,(H,34,38)/b21-20-. The number of carbonyl (C=O) groups excluding carboxylic acids is 2. The highest BCUT2D eigenvalue weighted by atomic mass is 32.1. The molecule has 202 valence electrons. The first kappa shape index (κ1) is 27.0. The molecule has 1 aromatic heterocycles. The molecule has 1 aromatic carbocycles. The lowest BCUT2D eigenvalue weighted by Gasteiger charge is -2.47. The van der Waals surface area contributed by atoms with Crippen LogP contribution in [0.3, 0.4) is 0 Å². The first-order valence-electron chi connectivity index (χ1n) is 13.7. The van der Waals surface area contributed by atoms with Crippen LogP contribution in [0, 0.1) is 5.82 Å². The van der Waals surface area contributed by atoms with Crippen LogP contribution >= 0.6 is 12.6 Å². The molecule has 5 nitrogen and oxygen atoms in total. The zero-order valence-corrected chi connectivity index (χ0v) is 22.9. The SMILES string of the molecule is O=C1c2ccc(/C=C\S)n2CC(C(=O)NC2CCCCCCC2)(C2=C=CC=CC=C2)N1Cc1ccc(F)cc1. The van der Waals surface area contributed by atoms with Crippen molar-refractivity contribution < 1.29 is 14.0 Å². The molecule has 1 saturated carbocycles. The summed E-state index contributed by atoms with van der Waals surface area (Å²) in [6.45, 7) is 0.362. The summed E-state index contributed by atoms with van der Waals surface area (Å²) in [5, 5.41) is 4.99. The molecule has 1 N–H and O–H groups in total. The van der Waals surface area contributed by atoms with Crippen LogP contribution in [0.4, 0.5) is 4.39 Å². The molecule has 39 heavy (non-hydrogen) atoms. The smallest absolute Gasteiger partial charge is 0.272 e. The zero-order chi connectivity index (χ0) is 27.2. The van der Waals surface area contributed by atoms with Crippen molar-refractivity contribution >= 4 is 30.5 Å². The average molecular weight is 544 g/mol. The summed E-state index contributed by atoms with van der Waals surface area (Å²) in [5.41, 5.74) is 4.56. The Hall–Kier alpha value is -3.54. The van der Waals surface area contributed by atoms with Crippen molar-refractivity contribution in [3.8, 4) is 0 Å². The van der Waals surface area contributed by atoms with E-state index in [2.05, 4.69) is 23.7 Å². The number of hydrogen-bond donors (Lipinski definition) is 2.